The highest BCUT2D eigenvalue weighted by Crippen LogP contribution is 2.46. The van der Waals surface area contributed by atoms with Crippen LogP contribution in [0.4, 0.5) is 0 Å². The first-order valence-corrected chi connectivity index (χ1v) is 3.50. The molecule has 0 aliphatic carbocycles. The number of carbonyl (C=O) groups is 1. The van der Waals surface area contributed by atoms with E-state index in [0.717, 1.165) is 11.9 Å². The van der Waals surface area contributed by atoms with Gasteiger partial charge >= 0.3 is 5.12 Å². The van der Waals surface area contributed by atoms with Crippen LogP contribution in [-0.4, -0.2) is 21.6 Å². The summed E-state index contributed by atoms with van der Waals surface area (Å²) in [7, 11) is 0. The van der Waals surface area contributed by atoms with Crippen molar-refractivity contribution in [3.05, 3.63) is 4.91 Å². The van der Waals surface area contributed by atoms with E-state index in [1.54, 1.807) is 0 Å². The van der Waals surface area contributed by atoms with Gasteiger partial charge in [-0.3, -0.25) is 4.79 Å². The molecule has 6 heteroatoms. The Morgan fingerprint density at radius 1 is 1.60 bits per heavy atom. The smallest absolute Gasteiger partial charge is 0.292 e. The van der Waals surface area contributed by atoms with Gasteiger partial charge in [-0.05, 0) is 0 Å². The molecule has 5 nitrogen and oxygen atoms in total. The normalized spacial score (nSPS) is 29.2. The molecule has 2 fully saturated rings. The Bertz CT molecular complexity index is 193. The fourth-order valence-corrected chi connectivity index (χ4v) is 1.64. The third kappa shape index (κ3) is 0.938. The van der Waals surface area contributed by atoms with E-state index in [0.29, 0.717) is 4.17 Å². The minimum Gasteiger partial charge on any atom is -0.292 e. The van der Waals surface area contributed by atoms with Crippen LogP contribution in [0.15, 0.2) is 0 Å². The highest BCUT2D eigenvalue weighted by atomic mass is 32.2. The fourth-order valence-electron chi connectivity index (χ4n) is 0.797. The lowest BCUT2D eigenvalue weighted by atomic mass is 10.3. The predicted octanol–water partition coefficient (Wildman–Crippen LogP) is 0.00190. The maximum atomic E-state index is 10.7. The van der Waals surface area contributed by atoms with Gasteiger partial charge in [0.25, 0.3) is 18.5 Å². The third-order valence-electron chi connectivity index (χ3n) is 1.23. The SMILES string of the molecule is O=C1C[N+](=O)SC2(C1)OO2. The third-order valence-corrected chi connectivity index (χ3v) is 2.12. The van der Waals surface area contributed by atoms with Gasteiger partial charge in [0.1, 0.15) is 0 Å². The summed E-state index contributed by atoms with van der Waals surface area (Å²) in [6, 6.07) is 0. The minimum atomic E-state index is -0.947. The second kappa shape index (κ2) is 1.77. The highest BCUT2D eigenvalue weighted by molar-refractivity contribution is 7.94. The summed E-state index contributed by atoms with van der Waals surface area (Å²) >= 11 is 0.871. The van der Waals surface area contributed by atoms with E-state index in [2.05, 4.69) is 9.78 Å². The first kappa shape index (κ1) is 6.26. The molecule has 0 atom stereocenters. The minimum absolute atomic E-state index is 0.0703. The molecule has 10 heavy (non-hydrogen) atoms. The second-order valence-corrected chi connectivity index (χ2v) is 3.36. The topological polar surface area (TPSA) is 62.2 Å². The van der Waals surface area contributed by atoms with Gasteiger partial charge in [0.05, 0.1) is 10.6 Å². The summed E-state index contributed by atoms with van der Waals surface area (Å²) < 4.78 is 0.568. The van der Waals surface area contributed by atoms with Crippen molar-refractivity contribution in [3.63, 3.8) is 0 Å². The Morgan fingerprint density at radius 2 is 2.30 bits per heavy atom. The van der Waals surface area contributed by atoms with Crippen molar-refractivity contribution in [3.8, 4) is 0 Å². The van der Waals surface area contributed by atoms with Gasteiger partial charge in [-0.2, -0.15) is 9.78 Å². The summed E-state index contributed by atoms with van der Waals surface area (Å²) in [5.41, 5.74) is 0. The molecule has 0 aromatic heterocycles. The Kier molecular flexibility index (Phi) is 1.11. The van der Waals surface area contributed by atoms with Crippen molar-refractivity contribution in [1.29, 1.82) is 0 Å². The Labute approximate surface area is 60.3 Å². The molecular weight excluding hydrogens is 158 g/mol. The molecule has 54 valence electrons. The maximum absolute atomic E-state index is 10.7. The lowest BCUT2D eigenvalue weighted by molar-refractivity contribution is -0.365. The zero-order chi connectivity index (χ0) is 7.19. The van der Waals surface area contributed by atoms with Gasteiger partial charge in [-0.25, -0.2) is 0 Å². The van der Waals surface area contributed by atoms with Gasteiger partial charge in [0.15, 0.2) is 0 Å². The van der Waals surface area contributed by atoms with Crippen LogP contribution in [-0.2, 0) is 14.6 Å². The first-order chi connectivity index (χ1) is 4.70. The van der Waals surface area contributed by atoms with E-state index < -0.39 is 5.12 Å². The molecule has 1 spiro atoms. The molecule has 0 radical (unpaired) electrons. The number of hydrogen-bond acceptors (Lipinski definition) is 5. The zero-order valence-electron chi connectivity index (χ0n) is 4.90. The molecule has 0 aromatic carbocycles. The van der Waals surface area contributed by atoms with Gasteiger partial charge < -0.3 is 0 Å². The van der Waals surface area contributed by atoms with E-state index >= 15 is 0 Å². The molecule has 2 heterocycles. The molecule has 2 aliphatic heterocycles. The highest BCUT2D eigenvalue weighted by Gasteiger charge is 2.62. The van der Waals surface area contributed by atoms with E-state index in [-0.39, 0.29) is 18.7 Å². The van der Waals surface area contributed by atoms with Gasteiger partial charge in [-0.1, -0.05) is 0 Å². The zero-order valence-corrected chi connectivity index (χ0v) is 5.72. The summed E-state index contributed by atoms with van der Waals surface area (Å²) in [4.78, 5) is 30.3. The molecule has 2 saturated heterocycles. The quantitative estimate of drug-likeness (QED) is 0.217. The molecule has 0 unspecified atom stereocenters. The molecule has 0 N–H and O–H groups in total. The number of Topliss-reactive ketones (excluding diaryl/α,β-unsaturated/α-hetero) is 1. The van der Waals surface area contributed by atoms with Crippen molar-refractivity contribution < 1.29 is 18.7 Å². The number of nitrogens with zero attached hydrogens (tertiary/aromatic N) is 1. The maximum Gasteiger partial charge on any atom is 0.352 e. The Balaban J connectivity index is 2.14. The van der Waals surface area contributed by atoms with Crippen LogP contribution in [0.2, 0.25) is 0 Å². The largest absolute Gasteiger partial charge is 0.352 e. The second-order valence-electron chi connectivity index (χ2n) is 2.15. The fraction of sp³-hybridized carbons (Fsp3) is 0.750. The number of ketones is 1. The first-order valence-electron chi connectivity index (χ1n) is 2.73. The van der Waals surface area contributed by atoms with E-state index in [1.165, 1.54) is 0 Å². The molecule has 0 amide bonds. The molecule has 2 rings (SSSR count). The van der Waals surface area contributed by atoms with Crippen LogP contribution in [0.1, 0.15) is 6.42 Å². The van der Waals surface area contributed by atoms with Crippen molar-refractivity contribution in [2.24, 2.45) is 0 Å². The summed E-state index contributed by atoms with van der Waals surface area (Å²) in [5, 5.41) is -0.947. The molecular formula is C4H4NO4S+. The summed E-state index contributed by atoms with van der Waals surface area (Å²) in [5.74, 6) is -0.147. The predicted molar refractivity (Wildman–Crippen MR) is 30.6 cm³/mol. The summed E-state index contributed by atoms with van der Waals surface area (Å²) in [6.45, 7) is -0.0703. The van der Waals surface area contributed by atoms with Crippen molar-refractivity contribution in [2.45, 2.75) is 11.5 Å². The molecule has 0 bridgehead atoms. The van der Waals surface area contributed by atoms with Gasteiger partial charge in [0, 0.05) is 4.91 Å². The van der Waals surface area contributed by atoms with Crippen LogP contribution in [0.25, 0.3) is 0 Å². The Morgan fingerprint density at radius 3 is 2.80 bits per heavy atom. The lowest BCUT2D eigenvalue weighted by Crippen LogP contribution is -2.28. The van der Waals surface area contributed by atoms with E-state index in [4.69, 9.17) is 0 Å². The number of hydrogen-bond donors (Lipinski definition) is 0. The number of carbonyl (C=O) groups excluding carboxylic acids is 1. The van der Waals surface area contributed by atoms with E-state index in [1.807, 2.05) is 0 Å². The van der Waals surface area contributed by atoms with Crippen LogP contribution >= 0.6 is 11.9 Å². The Hall–Kier alpha value is -0.460. The van der Waals surface area contributed by atoms with Crippen LogP contribution in [0.3, 0.4) is 0 Å². The number of rotatable bonds is 0. The van der Waals surface area contributed by atoms with Gasteiger partial charge in [-0.15, -0.1) is 0 Å². The van der Waals surface area contributed by atoms with Crippen LogP contribution in [0, 0.1) is 4.91 Å². The monoisotopic (exact) mass is 162 g/mol. The summed E-state index contributed by atoms with van der Waals surface area (Å²) in [6.07, 6.45) is 0.177. The van der Waals surface area contributed by atoms with Gasteiger partial charge in [0.2, 0.25) is 5.78 Å². The van der Waals surface area contributed by atoms with E-state index in [9.17, 15) is 9.70 Å². The van der Waals surface area contributed by atoms with Crippen LogP contribution in [0.5, 0.6) is 0 Å². The average Bonchev–Trinajstić information content (AvgIpc) is 2.44. The van der Waals surface area contributed by atoms with Crippen molar-refractivity contribution >= 4 is 17.7 Å². The molecule has 0 aromatic rings. The average molecular weight is 162 g/mol. The van der Waals surface area contributed by atoms with Crippen molar-refractivity contribution in [2.75, 3.05) is 6.54 Å². The number of nitroso groups, excluding NO2 is 1. The standard InChI is InChI=1S/C4H4NO4S/c6-3-1-4(8-9-4)10-5(7)2-3/h1-2H2/q+1. The molecule has 2 aliphatic rings. The lowest BCUT2D eigenvalue weighted by Gasteiger charge is -2.01. The van der Waals surface area contributed by atoms with Crippen molar-refractivity contribution in [1.82, 2.24) is 0 Å². The molecule has 0 saturated carbocycles. The van der Waals surface area contributed by atoms with Crippen LogP contribution < -0.4 is 0 Å².